The second kappa shape index (κ2) is 5.46. The van der Waals surface area contributed by atoms with Gasteiger partial charge in [-0.2, -0.15) is 0 Å². The summed E-state index contributed by atoms with van der Waals surface area (Å²) >= 11 is 3.44. The number of nitrogens with two attached hydrogens (primary N) is 1. The number of aromatic nitrogens is 2. The van der Waals surface area contributed by atoms with E-state index in [2.05, 4.69) is 25.9 Å². The van der Waals surface area contributed by atoms with Crippen molar-refractivity contribution in [3.05, 3.63) is 40.0 Å². The van der Waals surface area contributed by atoms with Crippen LogP contribution in [-0.4, -0.2) is 17.1 Å². The Morgan fingerprint density at radius 3 is 2.72 bits per heavy atom. The summed E-state index contributed by atoms with van der Waals surface area (Å²) in [6, 6.07) is 7.69. The molecule has 0 unspecified atom stereocenters. The molecule has 5 heteroatoms. The molecule has 0 radical (unpaired) electrons. The number of nitrogen functional groups attached to an aromatic ring is 1. The van der Waals surface area contributed by atoms with Gasteiger partial charge in [0.15, 0.2) is 5.82 Å². The first-order valence-electron chi connectivity index (χ1n) is 5.49. The monoisotopic (exact) mass is 307 g/mol. The highest BCUT2D eigenvalue weighted by Crippen LogP contribution is 2.24. The Kier molecular flexibility index (Phi) is 3.93. The van der Waals surface area contributed by atoms with Gasteiger partial charge >= 0.3 is 0 Å². The van der Waals surface area contributed by atoms with Crippen LogP contribution in [0.5, 0.6) is 0 Å². The fraction of sp³-hybridized carbons (Fsp3) is 0.231. The molecule has 0 fully saturated rings. The number of halogens is 1. The van der Waals surface area contributed by atoms with Crippen LogP contribution in [0.1, 0.15) is 11.3 Å². The SMILES string of the molecule is COCc1cc(N)nc(-c2ccc(Br)cc2C)n1. The summed E-state index contributed by atoms with van der Waals surface area (Å²) in [5.74, 6) is 1.08. The van der Waals surface area contributed by atoms with Crippen molar-refractivity contribution < 1.29 is 4.74 Å². The van der Waals surface area contributed by atoms with Gasteiger partial charge in [-0.3, -0.25) is 0 Å². The van der Waals surface area contributed by atoms with Crippen molar-refractivity contribution in [2.45, 2.75) is 13.5 Å². The molecule has 0 atom stereocenters. The summed E-state index contributed by atoms with van der Waals surface area (Å²) in [4.78, 5) is 8.73. The summed E-state index contributed by atoms with van der Waals surface area (Å²) in [7, 11) is 1.63. The zero-order valence-electron chi connectivity index (χ0n) is 10.3. The smallest absolute Gasteiger partial charge is 0.162 e. The maximum absolute atomic E-state index is 5.79. The Bertz CT molecular complexity index is 572. The first-order chi connectivity index (χ1) is 8.60. The number of aryl methyl sites for hydroxylation is 1. The van der Waals surface area contributed by atoms with Gasteiger partial charge in [0.2, 0.25) is 0 Å². The largest absolute Gasteiger partial charge is 0.384 e. The van der Waals surface area contributed by atoms with Crippen molar-refractivity contribution in [3.63, 3.8) is 0 Å². The number of benzene rings is 1. The third-order valence-electron chi connectivity index (χ3n) is 2.52. The lowest BCUT2D eigenvalue weighted by Gasteiger charge is -2.08. The fourth-order valence-electron chi connectivity index (χ4n) is 1.74. The minimum Gasteiger partial charge on any atom is -0.384 e. The van der Waals surface area contributed by atoms with Crippen LogP contribution in [0.25, 0.3) is 11.4 Å². The quantitative estimate of drug-likeness (QED) is 0.947. The average Bonchev–Trinajstić information content (AvgIpc) is 2.28. The molecule has 1 heterocycles. The van der Waals surface area contributed by atoms with Crippen LogP contribution in [0.4, 0.5) is 5.82 Å². The predicted octanol–water partition coefficient (Wildman–Crippen LogP) is 2.94. The number of hydrogen-bond acceptors (Lipinski definition) is 4. The molecule has 0 saturated carbocycles. The third kappa shape index (κ3) is 2.86. The summed E-state index contributed by atoms with van der Waals surface area (Å²) in [5.41, 5.74) is 8.64. The highest BCUT2D eigenvalue weighted by atomic mass is 79.9. The lowest BCUT2D eigenvalue weighted by atomic mass is 10.1. The molecule has 4 nitrogen and oxygen atoms in total. The van der Waals surface area contributed by atoms with Gasteiger partial charge in [0.05, 0.1) is 12.3 Å². The van der Waals surface area contributed by atoms with E-state index in [1.54, 1.807) is 13.2 Å². The molecule has 1 aromatic carbocycles. The van der Waals surface area contributed by atoms with Crippen molar-refractivity contribution in [2.24, 2.45) is 0 Å². The van der Waals surface area contributed by atoms with E-state index in [-0.39, 0.29) is 0 Å². The van der Waals surface area contributed by atoms with Gasteiger partial charge in [-0.25, -0.2) is 9.97 Å². The lowest BCUT2D eigenvalue weighted by molar-refractivity contribution is 0.181. The van der Waals surface area contributed by atoms with Gasteiger partial charge in [-0.15, -0.1) is 0 Å². The molecule has 0 aliphatic rings. The van der Waals surface area contributed by atoms with E-state index in [0.717, 1.165) is 21.3 Å². The molecule has 0 bridgehead atoms. The molecular formula is C13H14BrN3O. The van der Waals surface area contributed by atoms with E-state index >= 15 is 0 Å². The van der Waals surface area contributed by atoms with E-state index in [1.807, 2.05) is 25.1 Å². The minimum absolute atomic E-state index is 0.426. The molecule has 1 aromatic heterocycles. The second-order valence-electron chi connectivity index (χ2n) is 4.00. The zero-order chi connectivity index (χ0) is 13.1. The molecule has 0 aliphatic carbocycles. The van der Waals surface area contributed by atoms with Crippen LogP contribution >= 0.6 is 15.9 Å². The van der Waals surface area contributed by atoms with E-state index < -0.39 is 0 Å². The fourth-order valence-corrected chi connectivity index (χ4v) is 2.21. The molecule has 0 saturated heterocycles. The topological polar surface area (TPSA) is 61.0 Å². The third-order valence-corrected chi connectivity index (χ3v) is 3.01. The molecule has 2 rings (SSSR count). The Balaban J connectivity index is 2.49. The number of anilines is 1. The molecule has 2 aromatic rings. The molecule has 0 amide bonds. The van der Waals surface area contributed by atoms with Crippen molar-refractivity contribution >= 4 is 21.7 Å². The van der Waals surface area contributed by atoms with Gasteiger partial charge in [-0.1, -0.05) is 15.9 Å². The van der Waals surface area contributed by atoms with Crippen LogP contribution in [0.3, 0.4) is 0 Å². The first-order valence-corrected chi connectivity index (χ1v) is 6.28. The van der Waals surface area contributed by atoms with E-state index in [9.17, 15) is 0 Å². The predicted molar refractivity (Wildman–Crippen MR) is 75.0 cm³/mol. The van der Waals surface area contributed by atoms with E-state index in [4.69, 9.17) is 10.5 Å². The van der Waals surface area contributed by atoms with Crippen LogP contribution in [0.2, 0.25) is 0 Å². The Labute approximate surface area is 114 Å². The molecule has 0 spiro atoms. The van der Waals surface area contributed by atoms with Gasteiger partial charge in [0.25, 0.3) is 0 Å². The molecular weight excluding hydrogens is 294 g/mol. The Hall–Kier alpha value is -1.46. The number of hydrogen-bond donors (Lipinski definition) is 1. The van der Waals surface area contributed by atoms with Gasteiger partial charge in [-0.05, 0) is 30.7 Å². The second-order valence-corrected chi connectivity index (χ2v) is 4.92. The number of ether oxygens (including phenoxy) is 1. The summed E-state index contributed by atoms with van der Waals surface area (Å²) in [6.45, 7) is 2.44. The Morgan fingerprint density at radius 2 is 2.06 bits per heavy atom. The summed E-state index contributed by atoms with van der Waals surface area (Å²) < 4.78 is 6.10. The van der Waals surface area contributed by atoms with Crippen molar-refractivity contribution in [3.8, 4) is 11.4 Å². The van der Waals surface area contributed by atoms with E-state index in [1.165, 1.54) is 0 Å². The highest BCUT2D eigenvalue weighted by Gasteiger charge is 2.08. The van der Waals surface area contributed by atoms with Crippen LogP contribution in [0.15, 0.2) is 28.7 Å². The van der Waals surface area contributed by atoms with Gasteiger partial charge < -0.3 is 10.5 Å². The van der Waals surface area contributed by atoms with Crippen LogP contribution in [-0.2, 0) is 11.3 Å². The van der Waals surface area contributed by atoms with Gasteiger partial charge in [0, 0.05) is 23.2 Å². The van der Waals surface area contributed by atoms with Crippen LogP contribution in [0, 0.1) is 6.92 Å². The Morgan fingerprint density at radius 1 is 1.28 bits per heavy atom. The molecule has 0 aliphatic heterocycles. The van der Waals surface area contributed by atoms with Crippen molar-refractivity contribution in [1.82, 2.24) is 9.97 Å². The number of nitrogens with zero attached hydrogens (tertiary/aromatic N) is 2. The highest BCUT2D eigenvalue weighted by molar-refractivity contribution is 9.10. The maximum Gasteiger partial charge on any atom is 0.162 e. The normalized spacial score (nSPS) is 10.6. The molecule has 18 heavy (non-hydrogen) atoms. The number of methoxy groups -OCH3 is 1. The average molecular weight is 308 g/mol. The zero-order valence-corrected chi connectivity index (χ0v) is 11.9. The standard InChI is InChI=1S/C13H14BrN3O/c1-8-5-9(14)3-4-11(8)13-16-10(7-18-2)6-12(15)17-13/h3-6H,7H2,1-2H3,(H2,15,16,17). The number of rotatable bonds is 3. The summed E-state index contributed by atoms with van der Waals surface area (Å²) in [6.07, 6.45) is 0. The minimum atomic E-state index is 0.426. The van der Waals surface area contributed by atoms with Gasteiger partial charge in [0.1, 0.15) is 5.82 Å². The van der Waals surface area contributed by atoms with Crippen LogP contribution < -0.4 is 5.73 Å². The van der Waals surface area contributed by atoms with Crippen molar-refractivity contribution in [2.75, 3.05) is 12.8 Å². The van der Waals surface area contributed by atoms with E-state index in [0.29, 0.717) is 18.2 Å². The van der Waals surface area contributed by atoms with Crippen molar-refractivity contribution in [1.29, 1.82) is 0 Å². The molecule has 2 N–H and O–H groups in total. The lowest BCUT2D eigenvalue weighted by Crippen LogP contribution is -2.02. The maximum atomic E-state index is 5.79. The molecule has 94 valence electrons. The summed E-state index contributed by atoms with van der Waals surface area (Å²) in [5, 5.41) is 0. The first kappa shape index (κ1) is 13.0.